The van der Waals surface area contributed by atoms with Crippen molar-refractivity contribution in [1.29, 1.82) is 0 Å². The quantitative estimate of drug-likeness (QED) is 0.752. The maximum Gasteiger partial charge on any atom is 0.143 e. The van der Waals surface area contributed by atoms with Crippen LogP contribution in [0.15, 0.2) is 12.4 Å². The van der Waals surface area contributed by atoms with Crippen LogP contribution in [0.1, 0.15) is 19.5 Å². The average Bonchev–Trinajstić information content (AvgIpc) is 2.66. The molecule has 0 saturated heterocycles. The zero-order valence-electron chi connectivity index (χ0n) is 10.4. The average molecular weight is 234 g/mol. The standard InChI is InChI=1S/C12H18N4O/c1-7(2)10(5-17)16-12-9-4-8(3)15-11(9)13-6-14-12/h4,6-7,10,17H,5H2,1-3H3,(H2,13,14,15,16). The third kappa shape index (κ3) is 2.39. The summed E-state index contributed by atoms with van der Waals surface area (Å²) in [4.78, 5) is 11.6. The van der Waals surface area contributed by atoms with E-state index in [4.69, 9.17) is 0 Å². The highest BCUT2D eigenvalue weighted by Gasteiger charge is 2.14. The minimum atomic E-state index is 0.00306. The molecule has 0 fully saturated rings. The Kier molecular flexibility index (Phi) is 3.28. The molecule has 5 heteroatoms. The van der Waals surface area contributed by atoms with Gasteiger partial charge in [0.25, 0.3) is 0 Å². The molecule has 0 spiro atoms. The van der Waals surface area contributed by atoms with Gasteiger partial charge in [0, 0.05) is 5.69 Å². The van der Waals surface area contributed by atoms with Gasteiger partial charge in [-0.1, -0.05) is 13.8 Å². The number of nitrogens with zero attached hydrogens (tertiary/aromatic N) is 2. The molecule has 1 unspecified atom stereocenters. The van der Waals surface area contributed by atoms with Crippen LogP contribution in [-0.4, -0.2) is 32.7 Å². The number of hydrogen-bond donors (Lipinski definition) is 3. The second-order valence-corrected chi connectivity index (χ2v) is 4.61. The zero-order valence-corrected chi connectivity index (χ0v) is 10.4. The summed E-state index contributed by atoms with van der Waals surface area (Å²) in [5, 5.41) is 13.5. The van der Waals surface area contributed by atoms with E-state index < -0.39 is 0 Å². The van der Waals surface area contributed by atoms with Gasteiger partial charge in [-0.2, -0.15) is 0 Å². The molecule has 0 aliphatic heterocycles. The van der Waals surface area contributed by atoms with Gasteiger partial charge in [-0.25, -0.2) is 9.97 Å². The number of fused-ring (bicyclic) bond motifs is 1. The highest BCUT2D eigenvalue weighted by molar-refractivity contribution is 5.87. The maximum atomic E-state index is 9.32. The fraction of sp³-hybridized carbons (Fsp3) is 0.500. The van der Waals surface area contributed by atoms with E-state index in [-0.39, 0.29) is 12.6 Å². The Labute approximate surface area is 100 Å². The summed E-state index contributed by atoms with van der Waals surface area (Å²) in [7, 11) is 0. The smallest absolute Gasteiger partial charge is 0.143 e. The van der Waals surface area contributed by atoms with Gasteiger partial charge in [0.05, 0.1) is 18.0 Å². The largest absolute Gasteiger partial charge is 0.394 e. The molecule has 0 aliphatic carbocycles. The fourth-order valence-electron chi connectivity index (χ4n) is 1.79. The van der Waals surface area contributed by atoms with Crippen LogP contribution in [0.25, 0.3) is 11.0 Å². The number of anilines is 1. The third-order valence-electron chi connectivity index (χ3n) is 2.88. The normalized spacial score (nSPS) is 13.2. The van der Waals surface area contributed by atoms with E-state index in [2.05, 4.69) is 34.1 Å². The molecule has 2 aromatic rings. The lowest BCUT2D eigenvalue weighted by Crippen LogP contribution is -2.29. The maximum absolute atomic E-state index is 9.32. The highest BCUT2D eigenvalue weighted by Crippen LogP contribution is 2.21. The number of aliphatic hydroxyl groups excluding tert-OH is 1. The number of H-pyrrole nitrogens is 1. The molecular weight excluding hydrogens is 216 g/mol. The predicted octanol–water partition coefficient (Wildman–Crippen LogP) is 1.70. The minimum Gasteiger partial charge on any atom is -0.394 e. The summed E-state index contributed by atoms with van der Waals surface area (Å²) in [5.74, 6) is 1.11. The van der Waals surface area contributed by atoms with E-state index >= 15 is 0 Å². The van der Waals surface area contributed by atoms with Crippen molar-refractivity contribution >= 4 is 16.9 Å². The van der Waals surface area contributed by atoms with Gasteiger partial charge in [0.15, 0.2) is 0 Å². The van der Waals surface area contributed by atoms with Crippen LogP contribution >= 0.6 is 0 Å². The Balaban J connectivity index is 2.34. The SMILES string of the molecule is Cc1cc2c(NC(CO)C(C)C)ncnc2[nH]1. The number of rotatable bonds is 4. The van der Waals surface area contributed by atoms with Crippen LogP contribution in [0.4, 0.5) is 5.82 Å². The first-order chi connectivity index (χ1) is 8.11. The van der Waals surface area contributed by atoms with Crippen molar-refractivity contribution in [2.45, 2.75) is 26.8 Å². The molecule has 5 nitrogen and oxygen atoms in total. The van der Waals surface area contributed by atoms with Crippen LogP contribution in [-0.2, 0) is 0 Å². The highest BCUT2D eigenvalue weighted by atomic mass is 16.3. The molecule has 0 aromatic carbocycles. The molecule has 0 aliphatic rings. The fourth-order valence-corrected chi connectivity index (χ4v) is 1.79. The third-order valence-corrected chi connectivity index (χ3v) is 2.88. The lowest BCUT2D eigenvalue weighted by Gasteiger charge is -2.20. The molecular formula is C12H18N4O. The van der Waals surface area contributed by atoms with Crippen molar-refractivity contribution in [3.05, 3.63) is 18.1 Å². The molecule has 92 valence electrons. The topological polar surface area (TPSA) is 73.8 Å². The Morgan fingerprint density at radius 1 is 1.41 bits per heavy atom. The number of aliphatic hydroxyl groups is 1. The predicted molar refractivity (Wildman–Crippen MR) is 68.0 cm³/mol. The van der Waals surface area contributed by atoms with Gasteiger partial charge in [-0.15, -0.1) is 0 Å². The van der Waals surface area contributed by atoms with E-state index in [0.717, 1.165) is 22.5 Å². The van der Waals surface area contributed by atoms with Crippen molar-refractivity contribution in [2.75, 3.05) is 11.9 Å². The van der Waals surface area contributed by atoms with E-state index in [1.807, 2.05) is 13.0 Å². The summed E-state index contributed by atoms with van der Waals surface area (Å²) < 4.78 is 0. The number of nitrogens with one attached hydrogen (secondary N) is 2. The van der Waals surface area contributed by atoms with Crippen molar-refractivity contribution in [3.8, 4) is 0 Å². The van der Waals surface area contributed by atoms with Crippen molar-refractivity contribution < 1.29 is 5.11 Å². The molecule has 0 amide bonds. The first-order valence-corrected chi connectivity index (χ1v) is 5.79. The summed E-state index contributed by atoms with van der Waals surface area (Å²) in [5.41, 5.74) is 1.87. The van der Waals surface area contributed by atoms with Gasteiger partial charge in [0.2, 0.25) is 0 Å². The van der Waals surface area contributed by atoms with Crippen molar-refractivity contribution in [2.24, 2.45) is 5.92 Å². The van der Waals surface area contributed by atoms with Crippen LogP contribution in [0.5, 0.6) is 0 Å². The van der Waals surface area contributed by atoms with E-state index in [1.54, 1.807) is 0 Å². The molecule has 3 N–H and O–H groups in total. The van der Waals surface area contributed by atoms with E-state index in [1.165, 1.54) is 6.33 Å². The van der Waals surface area contributed by atoms with E-state index in [0.29, 0.717) is 5.92 Å². The van der Waals surface area contributed by atoms with Gasteiger partial charge in [-0.05, 0) is 18.9 Å². The summed E-state index contributed by atoms with van der Waals surface area (Å²) in [6.45, 7) is 6.20. The molecule has 1 atom stereocenters. The molecule has 2 aromatic heterocycles. The first kappa shape index (κ1) is 11.9. The van der Waals surface area contributed by atoms with Crippen LogP contribution in [0.2, 0.25) is 0 Å². The second-order valence-electron chi connectivity index (χ2n) is 4.61. The van der Waals surface area contributed by atoms with E-state index in [9.17, 15) is 5.11 Å². The lowest BCUT2D eigenvalue weighted by molar-refractivity contribution is 0.249. The monoisotopic (exact) mass is 234 g/mol. The first-order valence-electron chi connectivity index (χ1n) is 5.79. The van der Waals surface area contributed by atoms with Crippen molar-refractivity contribution in [3.63, 3.8) is 0 Å². The Morgan fingerprint density at radius 2 is 2.18 bits per heavy atom. The van der Waals surface area contributed by atoms with Crippen LogP contribution in [0, 0.1) is 12.8 Å². The number of aromatic nitrogens is 3. The minimum absolute atomic E-state index is 0.00306. The van der Waals surface area contributed by atoms with Gasteiger partial charge < -0.3 is 15.4 Å². The van der Waals surface area contributed by atoms with Crippen LogP contribution in [0.3, 0.4) is 0 Å². The number of aromatic amines is 1. The molecule has 0 radical (unpaired) electrons. The molecule has 0 bridgehead atoms. The Hall–Kier alpha value is -1.62. The lowest BCUT2D eigenvalue weighted by atomic mass is 10.1. The second kappa shape index (κ2) is 4.71. The van der Waals surface area contributed by atoms with Gasteiger partial charge >= 0.3 is 0 Å². The Bertz CT molecular complexity index is 506. The summed E-state index contributed by atoms with van der Waals surface area (Å²) >= 11 is 0. The van der Waals surface area contributed by atoms with Crippen LogP contribution < -0.4 is 5.32 Å². The number of aryl methyl sites for hydroxylation is 1. The van der Waals surface area contributed by atoms with Crippen molar-refractivity contribution in [1.82, 2.24) is 15.0 Å². The molecule has 0 saturated carbocycles. The summed E-state index contributed by atoms with van der Waals surface area (Å²) in [6.07, 6.45) is 1.52. The molecule has 17 heavy (non-hydrogen) atoms. The molecule has 2 rings (SSSR count). The summed E-state index contributed by atoms with van der Waals surface area (Å²) in [6, 6.07) is 2.01. The zero-order chi connectivity index (χ0) is 12.4. The number of hydrogen-bond acceptors (Lipinski definition) is 4. The van der Waals surface area contributed by atoms with Gasteiger partial charge in [-0.3, -0.25) is 0 Å². The Morgan fingerprint density at radius 3 is 2.82 bits per heavy atom. The van der Waals surface area contributed by atoms with Gasteiger partial charge in [0.1, 0.15) is 17.8 Å². The molecule has 2 heterocycles.